The third-order valence-corrected chi connectivity index (χ3v) is 1.17. The van der Waals surface area contributed by atoms with Crippen molar-refractivity contribution in [2.45, 2.75) is 13.3 Å². The predicted molar refractivity (Wildman–Crippen MR) is 38.8 cm³/mol. The summed E-state index contributed by atoms with van der Waals surface area (Å²) in [4.78, 5) is 1.50. The van der Waals surface area contributed by atoms with Crippen LogP contribution in [0.4, 0.5) is 0 Å². The smallest absolute Gasteiger partial charge is 0.0789 e. The van der Waals surface area contributed by atoms with Crippen LogP contribution in [0.15, 0.2) is 0 Å². The monoisotopic (exact) mass is 167 g/mol. The van der Waals surface area contributed by atoms with E-state index >= 15 is 0 Å². The molecule has 0 bridgehead atoms. The van der Waals surface area contributed by atoms with Gasteiger partial charge in [0.1, 0.15) is 0 Å². The Morgan fingerprint density at radius 2 is 1.90 bits per heavy atom. The van der Waals surface area contributed by atoms with Crippen molar-refractivity contribution in [2.75, 3.05) is 33.9 Å². The highest BCUT2D eigenvalue weighted by Gasteiger charge is 1.91. The second-order valence-corrected chi connectivity index (χ2v) is 2.51. The highest BCUT2D eigenvalue weighted by Crippen LogP contribution is 1.76. The number of hydrogen-bond acceptors (Lipinski definition) is 1. The number of ether oxygens (including phenoxy) is 1. The van der Waals surface area contributed by atoms with Gasteiger partial charge in [0.25, 0.3) is 0 Å². The maximum absolute atomic E-state index is 5.17. The molecular formula is C7H18ClNO. The second-order valence-electron chi connectivity index (χ2n) is 2.51. The van der Waals surface area contributed by atoms with Gasteiger partial charge in [0.2, 0.25) is 0 Å². The molecule has 0 aromatic rings. The van der Waals surface area contributed by atoms with Crippen LogP contribution in [0, 0.1) is 0 Å². The Morgan fingerprint density at radius 3 is 2.30 bits per heavy atom. The zero-order chi connectivity index (χ0) is 7.11. The summed E-state index contributed by atoms with van der Waals surface area (Å²) >= 11 is 0. The van der Waals surface area contributed by atoms with Gasteiger partial charge in [-0.3, -0.25) is 0 Å². The van der Waals surface area contributed by atoms with Gasteiger partial charge in [-0.1, -0.05) is 0 Å². The first kappa shape index (κ1) is 12.8. The molecule has 0 aromatic heterocycles. The molecule has 0 radical (unpaired) electrons. The van der Waals surface area contributed by atoms with Gasteiger partial charge in [-0.25, -0.2) is 0 Å². The number of rotatable bonds is 5. The number of quaternary nitrogens is 1. The van der Waals surface area contributed by atoms with E-state index in [4.69, 9.17) is 4.74 Å². The van der Waals surface area contributed by atoms with Crippen LogP contribution in [0.5, 0.6) is 0 Å². The molecule has 2 nitrogen and oxygen atoms in total. The fourth-order valence-corrected chi connectivity index (χ4v) is 0.672. The van der Waals surface area contributed by atoms with Crippen LogP contribution in [-0.2, 0) is 4.74 Å². The zero-order valence-corrected chi connectivity index (χ0v) is 7.87. The lowest BCUT2D eigenvalue weighted by molar-refractivity contribution is -0.858. The first-order chi connectivity index (χ1) is 4.27. The summed E-state index contributed by atoms with van der Waals surface area (Å²) in [5, 5.41) is 0. The highest BCUT2D eigenvalue weighted by molar-refractivity contribution is 4.28. The van der Waals surface area contributed by atoms with E-state index in [-0.39, 0.29) is 12.4 Å². The van der Waals surface area contributed by atoms with Crippen molar-refractivity contribution in [2.24, 2.45) is 0 Å². The maximum Gasteiger partial charge on any atom is 0.0789 e. The van der Waals surface area contributed by atoms with Crippen LogP contribution in [-0.4, -0.2) is 33.9 Å². The molecule has 0 saturated heterocycles. The van der Waals surface area contributed by atoms with Gasteiger partial charge in [0.15, 0.2) is 0 Å². The molecule has 0 saturated carbocycles. The first-order valence-corrected chi connectivity index (χ1v) is 3.64. The molecule has 3 heteroatoms. The molecule has 0 rings (SSSR count). The summed E-state index contributed by atoms with van der Waals surface area (Å²) in [5.74, 6) is 0. The summed E-state index contributed by atoms with van der Waals surface area (Å²) in [6.07, 6.45) is 1.18. The predicted octanol–water partition coefficient (Wildman–Crippen LogP) is -3.44. The van der Waals surface area contributed by atoms with E-state index in [9.17, 15) is 0 Å². The van der Waals surface area contributed by atoms with Gasteiger partial charge in [-0.15, -0.1) is 0 Å². The number of nitrogens with one attached hydrogen (secondary N) is 1. The van der Waals surface area contributed by atoms with Gasteiger partial charge in [-0.05, 0) is 6.92 Å². The second kappa shape index (κ2) is 9.21. The van der Waals surface area contributed by atoms with Crippen molar-refractivity contribution in [3.8, 4) is 0 Å². The molecule has 0 unspecified atom stereocenters. The molecule has 0 aliphatic rings. The summed E-state index contributed by atoms with van der Waals surface area (Å²) in [6.45, 7) is 5.01. The van der Waals surface area contributed by atoms with E-state index in [2.05, 4.69) is 14.1 Å². The largest absolute Gasteiger partial charge is 1.00 e. The summed E-state index contributed by atoms with van der Waals surface area (Å²) in [6, 6.07) is 0. The molecule has 0 heterocycles. The van der Waals surface area contributed by atoms with Gasteiger partial charge >= 0.3 is 0 Å². The van der Waals surface area contributed by atoms with Gasteiger partial charge in [0.05, 0.1) is 27.2 Å². The van der Waals surface area contributed by atoms with Crippen molar-refractivity contribution in [3.63, 3.8) is 0 Å². The fourth-order valence-electron chi connectivity index (χ4n) is 0.672. The SMILES string of the molecule is CCOCCC[NH+](C)C.[Cl-]. The Morgan fingerprint density at radius 1 is 1.30 bits per heavy atom. The Balaban J connectivity index is 0. The number of halogens is 1. The van der Waals surface area contributed by atoms with Crippen LogP contribution in [0.25, 0.3) is 0 Å². The van der Waals surface area contributed by atoms with Crippen molar-refractivity contribution in [1.29, 1.82) is 0 Å². The molecule has 0 aliphatic heterocycles. The summed E-state index contributed by atoms with van der Waals surface area (Å²) in [5.41, 5.74) is 0. The zero-order valence-electron chi connectivity index (χ0n) is 7.11. The Hall–Kier alpha value is 0.210. The molecule has 10 heavy (non-hydrogen) atoms. The molecule has 0 fully saturated rings. The minimum atomic E-state index is 0. The molecule has 1 N–H and O–H groups in total. The molecule has 0 amide bonds. The van der Waals surface area contributed by atoms with Crippen LogP contribution in [0.1, 0.15) is 13.3 Å². The van der Waals surface area contributed by atoms with Gasteiger partial charge < -0.3 is 22.0 Å². The molecule has 64 valence electrons. The van der Waals surface area contributed by atoms with E-state index in [1.54, 1.807) is 0 Å². The fraction of sp³-hybridized carbons (Fsp3) is 1.00. The lowest BCUT2D eigenvalue weighted by Gasteiger charge is -2.05. The van der Waals surface area contributed by atoms with E-state index < -0.39 is 0 Å². The molecule has 0 aromatic carbocycles. The van der Waals surface area contributed by atoms with Crippen molar-refractivity contribution >= 4 is 0 Å². The Bertz CT molecular complexity index is 59.6. The molecule has 0 spiro atoms. The Kier molecular flexibility index (Phi) is 11.8. The third-order valence-electron chi connectivity index (χ3n) is 1.17. The topological polar surface area (TPSA) is 13.7 Å². The summed E-state index contributed by atoms with van der Waals surface area (Å²) < 4.78 is 5.17. The van der Waals surface area contributed by atoms with Crippen LogP contribution >= 0.6 is 0 Å². The average Bonchev–Trinajstić information content (AvgIpc) is 1.80. The minimum Gasteiger partial charge on any atom is -1.00 e. The van der Waals surface area contributed by atoms with E-state index in [0.29, 0.717) is 0 Å². The van der Waals surface area contributed by atoms with Crippen LogP contribution in [0.2, 0.25) is 0 Å². The third kappa shape index (κ3) is 11.1. The van der Waals surface area contributed by atoms with Crippen LogP contribution in [0.3, 0.4) is 0 Å². The molecular weight excluding hydrogens is 150 g/mol. The maximum atomic E-state index is 5.17. The number of hydrogen-bond donors (Lipinski definition) is 1. The quantitative estimate of drug-likeness (QED) is 0.421. The van der Waals surface area contributed by atoms with Crippen LogP contribution < -0.4 is 17.3 Å². The van der Waals surface area contributed by atoms with Gasteiger partial charge in [-0.2, -0.15) is 0 Å². The first-order valence-electron chi connectivity index (χ1n) is 3.64. The lowest BCUT2D eigenvalue weighted by Crippen LogP contribution is -3.05. The van der Waals surface area contributed by atoms with Gasteiger partial charge in [0, 0.05) is 13.0 Å². The lowest BCUT2D eigenvalue weighted by atomic mass is 10.4. The van der Waals surface area contributed by atoms with Crippen molar-refractivity contribution < 1.29 is 22.0 Å². The van der Waals surface area contributed by atoms with E-state index in [1.165, 1.54) is 17.9 Å². The minimum absolute atomic E-state index is 0. The van der Waals surface area contributed by atoms with E-state index in [1.807, 2.05) is 6.92 Å². The van der Waals surface area contributed by atoms with E-state index in [0.717, 1.165) is 13.2 Å². The standard InChI is InChI=1S/C7H17NO.ClH/c1-4-9-7-5-6-8(2)3;/h4-7H2,1-3H3;1H. The Labute approximate surface area is 70.0 Å². The van der Waals surface area contributed by atoms with Crippen molar-refractivity contribution in [3.05, 3.63) is 0 Å². The molecule has 0 aliphatic carbocycles. The summed E-state index contributed by atoms with van der Waals surface area (Å²) in [7, 11) is 4.32. The normalized spacial score (nSPS) is 9.60. The van der Waals surface area contributed by atoms with Crippen molar-refractivity contribution in [1.82, 2.24) is 0 Å². The highest BCUT2D eigenvalue weighted by atomic mass is 35.5. The average molecular weight is 168 g/mol. The molecule has 0 atom stereocenters.